The van der Waals surface area contributed by atoms with Crippen molar-refractivity contribution >= 4 is 12.1 Å². The van der Waals surface area contributed by atoms with Gasteiger partial charge < -0.3 is 14.8 Å². The second-order valence-corrected chi connectivity index (χ2v) is 7.36. The molecule has 0 heterocycles. The monoisotopic (exact) mass is 287 g/mol. The van der Waals surface area contributed by atoms with Crippen LogP contribution >= 0.6 is 0 Å². The van der Waals surface area contributed by atoms with Crippen LogP contribution in [0.2, 0.25) is 0 Å². The van der Waals surface area contributed by atoms with E-state index in [9.17, 15) is 9.59 Å². The van der Waals surface area contributed by atoms with Gasteiger partial charge in [0.1, 0.15) is 17.2 Å². The topological polar surface area (TPSA) is 64.6 Å². The average molecular weight is 287 g/mol. The van der Waals surface area contributed by atoms with E-state index in [1.54, 1.807) is 41.5 Å². The maximum absolute atomic E-state index is 12.1. The minimum Gasteiger partial charge on any atom is -0.458 e. The Morgan fingerprint density at radius 3 is 1.75 bits per heavy atom. The van der Waals surface area contributed by atoms with Gasteiger partial charge in [-0.3, -0.25) is 0 Å². The zero-order chi connectivity index (χ0) is 16.1. The van der Waals surface area contributed by atoms with E-state index in [1.165, 1.54) is 0 Å². The molecule has 0 aliphatic rings. The van der Waals surface area contributed by atoms with Crippen LogP contribution in [-0.4, -0.2) is 29.3 Å². The van der Waals surface area contributed by atoms with Gasteiger partial charge in [0.25, 0.3) is 0 Å². The van der Waals surface area contributed by atoms with Crippen LogP contribution in [0.4, 0.5) is 4.79 Å². The molecule has 1 atom stereocenters. The van der Waals surface area contributed by atoms with Crippen LogP contribution in [0.3, 0.4) is 0 Å². The van der Waals surface area contributed by atoms with Crippen molar-refractivity contribution in [2.24, 2.45) is 5.92 Å². The largest absolute Gasteiger partial charge is 0.458 e. The number of esters is 1. The molecule has 20 heavy (non-hydrogen) atoms. The first-order valence-electron chi connectivity index (χ1n) is 7.02. The summed E-state index contributed by atoms with van der Waals surface area (Å²) in [7, 11) is 0. The van der Waals surface area contributed by atoms with E-state index in [0.29, 0.717) is 6.42 Å². The summed E-state index contributed by atoms with van der Waals surface area (Å²) in [5, 5.41) is 2.59. The number of ether oxygens (including phenoxy) is 2. The van der Waals surface area contributed by atoms with Gasteiger partial charge in [0.2, 0.25) is 0 Å². The quantitative estimate of drug-likeness (QED) is 0.806. The zero-order valence-electron chi connectivity index (χ0n) is 14.0. The van der Waals surface area contributed by atoms with Crippen molar-refractivity contribution in [1.29, 1.82) is 0 Å². The Hall–Kier alpha value is -1.26. The van der Waals surface area contributed by atoms with Crippen LogP contribution < -0.4 is 5.32 Å². The standard InChI is InChI=1S/C15H29NO4/c1-10(2)9-11(12(17)19-14(3,4)5)16-13(18)20-15(6,7)8/h10-11H,9H2,1-8H3,(H,16,18)/t11-/m0/s1. The van der Waals surface area contributed by atoms with Crippen molar-refractivity contribution in [3.8, 4) is 0 Å². The third-order valence-electron chi connectivity index (χ3n) is 2.09. The Kier molecular flexibility index (Phi) is 6.51. The molecule has 0 spiro atoms. The molecule has 0 aromatic rings. The Bertz CT molecular complexity index is 337. The minimum absolute atomic E-state index is 0.252. The smallest absolute Gasteiger partial charge is 0.408 e. The molecule has 0 unspecified atom stereocenters. The Morgan fingerprint density at radius 1 is 0.950 bits per heavy atom. The van der Waals surface area contributed by atoms with Gasteiger partial charge in [-0.05, 0) is 53.9 Å². The third-order valence-corrected chi connectivity index (χ3v) is 2.09. The molecule has 0 rings (SSSR count). The van der Waals surface area contributed by atoms with E-state index in [0.717, 1.165) is 0 Å². The molecule has 0 aromatic carbocycles. The molecule has 118 valence electrons. The molecular weight excluding hydrogens is 258 g/mol. The number of nitrogens with one attached hydrogen (secondary N) is 1. The number of hydrogen-bond donors (Lipinski definition) is 1. The third kappa shape index (κ3) is 9.64. The molecule has 0 bridgehead atoms. The molecule has 1 amide bonds. The highest BCUT2D eigenvalue weighted by Gasteiger charge is 2.29. The summed E-state index contributed by atoms with van der Waals surface area (Å²) in [6.07, 6.45) is -0.0947. The lowest BCUT2D eigenvalue weighted by Crippen LogP contribution is -2.46. The van der Waals surface area contributed by atoms with Crippen molar-refractivity contribution in [1.82, 2.24) is 5.32 Å². The summed E-state index contributed by atoms with van der Waals surface area (Å²) in [6, 6.07) is -0.691. The first-order chi connectivity index (χ1) is 8.80. The molecule has 0 aliphatic heterocycles. The van der Waals surface area contributed by atoms with E-state index >= 15 is 0 Å². The van der Waals surface area contributed by atoms with Crippen LogP contribution in [0.15, 0.2) is 0 Å². The van der Waals surface area contributed by atoms with Crippen molar-refractivity contribution in [3.05, 3.63) is 0 Å². The molecule has 1 N–H and O–H groups in total. The Morgan fingerprint density at radius 2 is 1.40 bits per heavy atom. The average Bonchev–Trinajstić information content (AvgIpc) is 2.09. The summed E-state index contributed by atoms with van der Waals surface area (Å²) >= 11 is 0. The van der Waals surface area contributed by atoms with E-state index in [1.807, 2.05) is 13.8 Å². The molecule has 5 heteroatoms. The lowest BCUT2D eigenvalue weighted by Gasteiger charge is -2.27. The summed E-state index contributed by atoms with van der Waals surface area (Å²) in [6.45, 7) is 14.7. The molecule has 5 nitrogen and oxygen atoms in total. The summed E-state index contributed by atoms with van der Waals surface area (Å²) in [5.41, 5.74) is -1.18. The molecule has 0 aliphatic carbocycles. The van der Waals surface area contributed by atoms with Gasteiger partial charge in [0, 0.05) is 0 Å². The van der Waals surface area contributed by atoms with Gasteiger partial charge in [0.05, 0.1) is 0 Å². The lowest BCUT2D eigenvalue weighted by molar-refractivity contribution is -0.157. The molecule has 0 saturated carbocycles. The fourth-order valence-corrected chi connectivity index (χ4v) is 1.51. The van der Waals surface area contributed by atoms with Gasteiger partial charge in [-0.15, -0.1) is 0 Å². The van der Waals surface area contributed by atoms with Crippen LogP contribution in [0.5, 0.6) is 0 Å². The second-order valence-electron chi connectivity index (χ2n) is 7.36. The first-order valence-corrected chi connectivity index (χ1v) is 7.02. The lowest BCUT2D eigenvalue weighted by atomic mass is 10.0. The molecule has 0 saturated heterocycles. The maximum atomic E-state index is 12.1. The summed E-state index contributed by atoms with van der Waals surface area (Å²) < 4.78 is 10.5. The van der Waals surface area contributed by atoms with E-state index < -0.39 is 29.3 Å². The SMILES string of the molecule is CC(C)C[C@H](NC(=O)OC(C)(C)C)C(=O)OC(C)(C)C. The van der Waals surface area contributed by atoms with E-state index in [4.69, 9.17) is 9.47 Å². The van der Waals surface area contributed by atoms with Crippen molar-refractivity contribution in [2.45, 2.75) is 79.1 Å². The van der Waals surface area contributed by atoms with E-state index in [-0.39, 0.29) is 5.92 Å². The number of carbonyl (C=O) groups excluding carboxylic acids is 2. The van der Waals surface area contributed by atoms with Gasteiger partial charge in [0.15, 0.2) is 0 Å². The normalized spacial score (nSPS) is 13.8. The number of hydrogen-bond acceptors (Lipinski definition) is 4. The van der Waals surface area contributed by atoms with Crippen LogP contribution in [0.25, 0.3) is 0 Å². The van der Waals surface area contributed by atoms with Gasteiger partial charge >= 0.3 is 12.1 Å². The van der Waals surface area contributed by atoms with Crippen molar-refractivity contribution in [2.75, 3.05) is 0 Å². The van der Waals surface area contributed by atoms with Gasteiger partial charge in [-0.25, -0.2) is 9.59 Å². The molecule has 0 aromatic heterocycles. The van der Waals surface area contributed by atoms with E-state index in [2.05, 4.69) is 5.32 Å². The highest BCUT2D eigenvalue weighted by Crippen LogP contribution is 2.14. The minimum atomic E-state index is -0.691. The predicted octanol–water partition coefficient (Wildman–Crippen LogP) is 3.27. The molecule has 0 fully saturated rings. The number of carbonyl (C=O) groups is 2. The molecular formula is C15H29NO4. The maximum Gasteiger partial charge on any atom is 0.408 e. The Balaban J connectivity index is 4.73. The zero-order valence-corrected chi connectivity index (χ0v) is 14.0. The second kappa shape index (κ2) is 6.95. The van der Waals surface area contributed by atoms with Crippen LogP contribution in [0, 0.1) is 5.92 Å². The Labute approximate surface area is 122 Å². The van der Waals surface area contributed by atoms with Crippen LogP contribution in [0.1, 0.15) is 61.8 Å². The van der Waals surface area contributed by atoms with Gasteiger partial charge in [-0.1, -0.05) is 13.8 Å². The van der Waals surface area contributed by atoms with Crippen LogP contribution in [-0.2, 0) is 14.3 Å². The highest BCUT2D eigenvalue weighted by molar-refractivity contribution is 5.81. The summed E-state index contributed by atoms with van der Waals surface area (Å²) in [5.74, 6) is -0.181. The van der Waals surface area contributed by atoms with Crippen molar-refractivity contribution < 1.29 is 19.1 Å². The molecule has 0 radical (unpaired) electrons. The van der Waals surface area contributed by atoms with Gasteiger partial charge in [-0.2, -0.15) is 0 Å². The van der Waals surface area contributed by atoms with Crippen molar-refractivity contribution in [3.63, 3.8) is 0 Å². The number of amides is 1. The fraction of sp³-hybridized carbons (Fsp3) is 0.867. The predicted molar refractivity (Wildman–Crippen MR) is 78.5 cm³/mol. The summed E-state index contributed by atoms with van der Waals surface area (Å²) in [4.78, 5) is 23.9. The fourth-order valence-electron chi connectivity index (χ4n) is 1.51. The highest BCUT2D eigenvalue weighted by atomic mass is 16.6. The number of alkyl carbamates (subject to hydrolysis) is 1. The number of rotatable bonds is 4. The first kappa shape index (κ1) is 18.7.